The number of hydrogen-bond acceptors (Lipinski definition) is 3. The number of nitrogens with zero attached hydrogens (tertiary/aromatic N) is 2. The quantitative estimate of drug-likeness (QED) is 0.725. The summed E-state index contributed by atoms with van der Waals surface area (Å²) >= 11 is 0. The summed E-state index contributed by atoms with van der Waals surface area (Å²) in [6.07, 6.45) is 0. The van der Waals surface area contributed by atoms with E-state index in [2.05, 4.69) is 5.32 Å². The molecule has 0 saturated carbocycles. The molecule has 1 fully saturated rings. The summed E-state index contributed by atoms with van der Waals surface area (Å²) in [5.74, 6) is -0.244. The summed E-state index contributed by atoms with van der Waals surface area (Å²) in [4.78, 5) is 11.4. The van der Waals surface area contributed by atoms with Gasteiger partial charge in [0.25, 0.3) is 10.2 Å². The van der Waals surface area contributed by atoms with E-state index in [1.807, 2.05) is 0 Å². The van der Waals surface area contributed by atoms with Crippen molar-refractivity contribution in [2.75, 3.05) is 20.1 Å². The molecule has 16 heavy (non-hydrogen) atoms. The second-order valence-electron chi connectivity index (χ2n) is 4.20. The van der Waals surface area contributed by atoms with E-state index in [1.165, 1.54) is 15.7 Å². The van der Waals surface area contributed by atoms with E-state index in [0.29, 0.717) is 13.1 Å². The molecule has 0 spiro atoms. The Morgan fingerprint density at radius 1 is 1.50 bits per heavy atom. The molecule has 1 N–H and O–H groups in total. The Bertz CT molecular complexity index is 366. The van der Waals surface area contributed by atoms with Gasteiger partial charge in [0, 0.05) is 26.2 Å². The van der Waals surface area contributed by atoms with Crippen LogP contribution in [0.2, 0.25) is 0 Å². The molecule has 1 aliphatic rings. The first-order valence-electron chi connectivity index (χ1n) is 5.31. The van der Waals surface area contributed by atoms with Gasteiger partial charge in [-0.2, -0.15) is 17.0 Å². The molecule has 1 saturated heterocycles. The Morgan fingerprint density at radius 3 is 2.56 bits per heavy atom. The maximum absolute atomic E-state index is 12.2. The zero-order valence-electron chi connectivity index (χ0n) is 10.1. The number of nitrogens with one attached hydrogen (secondary N) is 1. The average molecular weight is 249 g/mol. The predicted molar refractivity (Wildman–Crippen MR) is 61.0 cm³/mol. The van der Waals surface area contributed by atoms with E-state index in [1.54, 1.807) is 20.8 Å². The van der Waals surface area contributed by atoms with Crippen LogP contribution in [0.1, 0.15) is 20.8 Å². The molecule has 0 aromatic heterocycles. The fraction of sp³-hybridized carbons (Fsp3) is 0.889. The van der Waals surface area contributed by atoms with Crippen LogP contribution in [-0.4, -0.2) is 55.2 Å². The largest absolute Gasteiger partial charge is 0.353 e. The molecule has 1 aliphatic heterocycles. The molecule has 94 valence electrons. The van der Waals surface area contributed by atoms with Crippen LogP contribution in [0.25, 0.3) is 0 Å². The second-order valence-corrected chi connectivity index (χ2v) is 6.14. The lowest BCUT2D eigenvalue weighted by Crippen LogP contribution is -2.59. The zero-order chi connectivity index (χ0) is 12.5. The summed E-state index contributed by atoms with van der Waals surface area (Å²) < 4.78 is 26.8. The van der Waals surface area contributed by atoms with Gasteiger partial charge in [-0.25, -0.2) is 0 Å². The van der Waals surface area contributed by atoms with Crippen molar-refractivity contribution in [3.05, 3.63) is 0 Å². The minimum atomic E-state index is -3.54. The van der Waals surface area contributed by atoms with Gasteiger partial charge in [-0.3, -0.25) is 4.79 Å². The Balaban J connectivity index is 2.95. The fourth-order valence-electron chi connectivity index (χ4n) is 1.51. The van der Waals surface area contributed by atoms with Crippen molar-refractivity contribution in [3.63, 3.8) is 0 Å². The van der Waals surface area contributed by atoms with Crippen molar-refractivity contribution in [3.8, 4) is 0 Å². The molecule has 1 rings (SSSR count). The first-order chi connectivity index (χ1) is 7.28. The second kappa shape index (κ2) is 4.68. The fourth-order valence-corrected chi connectivity index (χ4v) is 3.19. The summed E-state index contributed by atoms with van der Waals surface area (Å²) in [7, 11) is -2.01. The van der Waals surface area contributed by atoms with E-state index in [9.17, 15) is 13.2 Å². The van der Waals surface area contributed by atoms with Crippen LogP contribution in [-0.2, 0) is 15.0 Å². The Hall–Kier alpha value is -0.660. The van der Waals surface area contributed by atoms with Crippen LogP contribution in [0.5, 0.6) is 0 Å². The highest BCUT2D eigenvalue weighted by Gasteiger charge is 2.37. The maximum atomic E-state index is 12.2. The smallest absolute Gasteiger partial charge is 0.282 e. The third kappa shape index (κ3) is 2.36. The van der Waals surface area contributed by atoms with E-state index in [0.717, 1.165) is 0 Å². The molecule has 1 atom stereocenters. The Labute approximate surface area is 96.8 Å². The molecule has 6 nitrogen and oxygen atoms in total. The predicted octanol–water partition coefficient (Wildman–Crippen LogP) is -0.608. The molecule has 0 aromatic carbocycles. The van der Waals surface area contributed by atoms with Crippen molar-refractivity contribution < 1.29 is 13.2 Å². The van der Waals surface area contributed by atoms with Crippen LogP contribution < -0.4 is 5.32 Å². The summed E-state index contributed by atoms with van der Waals surface area (Å²) in [5, 5.41) is 2.64. The van der Waals surface area contributed by atoms with Gasteiger partial charge in [0.1, 0.15) is 6.04 Å². The summed E-state index contributed by atoms with van der Waals surface area (Å²) in [5.41, 5.74) is 0. The minimum Gasteiger partial charge on any atom is -0.353 e. The third-order valence-electron chi connectivity index (χ3n) is 2.83. The number of carbonyl (C=O) groups is 1. The molecular weight excluding hydrogens is 230 g/mol. The topological polar surface area (TPSA) is 69.7 Å². The first-order valence-corrected chi connectivity index (χ1v) is 6.70. The van der Waals surface area contributed by atoms with Gasteiger partial charge in [0.2, 0.25) is 5.91 Å². The van der Waals surface area contributed by atoms with Crippen molar-refractivity contribution in [1.82, 2.24) is 13.9 Å². The Morgan fingerprint density at radius 2 is 2.06 bits per heavy atom. The molecular formula is C9H19N3O3S. The normalized spacial score (nSPS) is 23.9. The maximum Gasteiger partial charge on any atom is 0.282 e. The van der Waals surface area contributed by atoms with Crippen molar-refractivity contribution in [1.29, 1.82) is 0 Å². The van der Waals surface area contributed by atoms with Crippen LogP contribution >= 0.6 is 0 Å². The van der Waals surface area contributed by atoms with Gasteiger partial charge in [0.15, 0.2) is 0 Å². The molecule has 0 bridgehead atoms. The number of carbonyl (C=O) groups excluding carboxylic acids is 1. The lowest BCUT2D eigenvalue weighted by molar-refractivity contribution is -0.126. The minimum absolute atomic E-state index is 0.123. The highest BCUT2D eigenvalue weighted by atomic mass is 32.2. The highest BCUT2D eigenvalue weighted by molar-refractivity contribution is 7.86. The van der Waals surface area contributed by atoms with Crippen molar-refractivity contribution in [2.24, 2.45) is 0 Å². The SMILES string of the molecule is CC(C)N(C)S(=O)(=O)N1CCNC(=O)C1C. The van der Waals surface area contributed by atoms with Gasteiger partial charge < -0.3 is 5.32 Å². The van der Waals surface area contributed by atoms with Crippen LogP contribution in [0.15, 0.2) is 0 Å². The molecule has 1 unspecified atom stereocenters. The number of piperazine rings is 1. The first kappa shape index (κ1) is 13.4. The third-order valence-corrected chi connectivity index (χ3v) is 5.07. The summed E-state index contributed by atoms with van der Waals surface area (Å²) in [6.45, 7) is 5.89. The molecule has 1 amide bonds. The van der Waals surface area contributed by atoms with E-state index in [-0.39, 0.29) is 11.9 Å². The number of amides is 1. The molecule has 0 aliphatic carbocycles. The molecule has 0 radical (unpaired) electrons. The number of hydrogen-bond donors (Lipinski definition) is 1. The Kier molecular flexibility index (Phi) is 3.92. The molecule has 7 heteroatoms. The lowest BCUT2D eigenvalue weighted by atomic mass is 10.2. The zero-order valence-corrected chi connectivity index (χ0v) is 10.9. The molecule has 0 aromatic rings. The van der Waals surface area contributed by atoms with Crippen LogP contribution in [0.3, 0.4) is 0 Å². The molecule has 1 heterocycles. The van der Waals surface area contributed by atoms with Crippen LogP contribution in [0, 0.1) is 0 Å². The van der Waals surface area contributed by atoms with E-state index in [4.69, 9.17) is 0 Å². The van der Waals surface area contributed by atoms with Crippen molar-refractivity contribution >= 4 is 16.1 Å². The van der Waals surface area contributed by atoms with E-state index >= 15 is 0 Å². The standard InChI is InChI=1S/C9H19N3O3S/c1-7(2)11(4)16(14,15)12-6-5-10-9(13)8(12)3/h7-8H,5-6H2,1-4H3,(H,10,13). The van der Waals surface area contributed by atoms with Gasteiger partial charge in [-0.15, -0.1) is 0 Å². The van der Waals surface area contributed by atoms with Crippen LogP contribution in [0.4, 0.5) is 0 Å². The van der Waals surface area contributed by atoms with Gasteiger partial charge in [-0.1, -0.05) is 0 Å². The van der Waals surface area contributed by atoms with Gasteiger partial charge in [-0.05, 0) is 20.8 Å². The highest BCUT2D eigenvalue weighted by Crippen LogP contribution is 2.15. The number of rotatable bonds is 3. The average Bonchev–Trinajstić information content (AvgIpc) is 2.20. The summed E-state index contributed by atoms with van der Waals surface area (Å²) in [6, 6.07) is -0.762. The van der Waals surface area contributed by atoms with Gasteiger partial charge >= 0.3 is 0 Å². The monoisotopic (exact) mass is 249 g/mol. The van der Waals surface area contributed by atoms with E-state index < -0.39 is 16.3 Å². The lowest BCUT2D eigenvalue weighted by Gasteiger charge is -2.35. The van der Waals surface area contributed by atoms with Gasteiger partial charge in [0.05, 0.1) is 0 Å². The van der Waals surface area contributed by atoms with Crippen molar-refractivity contribution in [2.45, 2.75) is 32.9 Å².